The van der Waals surface area contributed by atoms with E-state index in [0.717, 1.165) is 61.4 Å². The average molecular weight is 753 g/mol. The molecule has 2 heterocycles. The number of anilines is 3. The summed E-state index contributed by atoms with van der Waals surface area (Å²) in [7, 11) is 0. The standard InChI is InChI=1S/C56H36N2O/c1-2-19-47-37(12-1)26-27-42-32-40(28-30-48(42)47)38-13-9-15-43(33-38)57(44-16-10-14-39(34-44)41-29-31-52-51-22-5-8-25-55(51)59-56(52)35-41)45-17-11-18-46(36-45)58-53-23-6-3-20-49(53)50-21-4-7-24-54(50)58/h1-36H. The van der Waals surface area contributed by atoms with E-state index in [2.05, 4.69) is 216 Å². The second-order valence-corrected chi connectivity index (χ2v) is 15.4. The smallest absolute Gasteiger partial charge is 0.136 e. The molecule has 10 aromatic carbocycles. The van der Waals surface area contributed by atoms with Gasteiger partial charge < -0.3 is 13.9 Å². The molecule has 0 radical (unpaired) electrons. The van der Waals surface area contributed by atoms with Gasteiger partial charge in [0.2, 0.25) is 0 Å². The number of fused-ring (bicyclic) bond motifs is 9. The Labute approximate surface area is 341 Å². The molecule has 12 rings (SSSR count). The van der Waals surface area contributed by atoms with E-state index in [1.54, 1.807) is 0 Å². The van der Waals surface area contributed by atoms with Crippen LogP contribution in [0.15, 0.2) is 223 Å². The molecule has 276 valence electrons. The Morgan fingerprint density at radius 3 is 1.54 bits per heavy atom. The van der Waals surface area contributed by atoms with Crippen LogP contribution in [-0.2, 0) is 0 Å². The lowest BCUT2D eigenvalue weighted by atomic mass is 9.97. The number of para-hydroxylation sites is 3. The summed E-state index contributed by atoms with van der Waals surface area (Å²) in [5.74, 6) is 0. The number of hydrogen-bond acceptors (Lipinski definition) is 2. The van der Waals surface area contributed by atoms with Crippen LogP contribution in [-0.4, -0.2) is 4.57 Å². The molecule has 0 amide bonds. The molecule has 0 saturated carbocycles. The fraction of sp³-hybridized carbons (Fsp3) is 0. The molecule has 0 aliphatic carbocycles. The highest BCUT2D eigenvalue weighted by molar-refractivity contribution is 6.10. The van der Waals surface area contributed by atoms with Crippen LogP contribution < -0.4 is 4.90 Å². The SMILES string of the molecule is c1cc(-c2ccc3c(ccc4ccccc43)c2)cc(N(c2cccc(-c3ccc4c(c3)oc3ccccc34)c2)c2cccc(-n3c4ccccc4c4ccccc43)c2)c1. The minimum atomic E-state index is 0.890. The van der Waals surface area contributed by atoms with Crippen molar-refractivity contribution in [2.75, 3.05) is 4.90 Å². The zero-order chi connectivity index (χ0) is 38.9. The Kier molecular flexibility index (Phi) is 7.54. The lowest BCUT2D eigenvalue weighted by Gasteiger charge is -2.27. The van der Waals surface area contributed by atoms with Gasteiger partial charge in [0, 0.05) is 44.3 Å². The van der Waals surface area contributed by atoms with Crippen LogP contribution in [0.25, 0.3) is 93.2 Å². The second kappa shape index (κ2) is 13.4. The van der Waals surface area contributed by atoms with Crippen LogP contribution in [0.2, 0.25) is 0 Å². The van der Waals surface area contributed by atoms with Crippen molar-refractivity contribution >= 4 is 82.4 Å². The largest absolute Gasteiger partial charge is 0.456 e. The highest BCUT2D eigenvalue weighted by atomic mass is 16.3. The summed E-state index contributed by atoms with van der Waals surface area (Å²) in [4.78, 5) is 2.39. The molecular weight excluding hydrogens is 717 g/mol. The van der Waals surface area contributed by atoms with Crippen molar-refractivity contribution in [1.82, 2.24) is 4.57 Å². The van der Waals surface area contributed by atoms with Crippen LogP contribution in [0.4, 0.5) is 17.1 Å². The van der Waals surface area contributed by atoms with Crippen LogP contribution in [0.5, 0.6) is 0 Å². The number of rotatable bonds is 6. The Morgan fingerprint density at radius 1 is 0.305 bits per heavy atom. The van der Waals surface area contributed by atoms with E-state index >= 15 is 0 Å². The maximum Gasteiger partial charge on any atom is 0.136 e. The number of nitrogens with zero attached hydrogens (tertiary/aromatic N) is 2. The predicted octanol–water partition coefficient (Wildman–Crippen LogP) is 15.8. The molecule has 0 spiro atoms. The van der Waals surface area contributed by atoms with Crippen molar-refractivity contribution in [3.63, 3.8) is 0 Å². The Bertz CT molecular complexity index is 3540. The highest BCUT2D eigenvalue weighted by Gasteiger charge is 2.18. The van der Waals surface area contributed by atoms with Gasteiger partial charge in [-0.2, -0.15) is 0 Å². The lowest BCUT2D eigenvalue weighted by Crippen LogP contribution is -2.11. The quantitative estimate of drug-likeness (QED) is 0.158. The van der Waals surface area contributed by atoms with Crippen molar-refractivity contribution in [3.8, 4) is 27.9 Å². The summed E-state index contributed by atoms with van der Waals surface area (Å²) >= 11 is 0. The van der Waals surface area contributed by atoms with Crippen LogP contribution in [0.3, 0.4) is 0 Å². The van der Waals surface area contributed by atoms with Crippen molar-refractivity contribution < 1.29 is 4.42 Å². The first kappa shape index (κ1) is 33.3. The van der Waals surface area contributed by atoms with E-state index in [-0.39, 0.29) is 0 Å². The Hall–Kier alpha value is -7.88. The zero-order valence-electron chi connectivity index (χ0n) is 32.1. The molecule has 0 fully saturated rings. The Morgan fingerprint density at radius 2 is 0.814 bits per heavy atom. The van der Waals surface area contributed by atoms with Gasteiger partial charge in [-0.25, -0.2) is 0 Å². The fourth-order valence-electron chi connectivity index (χ4n) is 9.17. The van der Waals surface area contributed by atoms with E-state index in [1.807, 2.05) is 12.1 Å². The van der Waals surface area contributed by atoms with Gasteiger partial charge in [-0.15, -0.1) is 0 Å². The molecule has 0 atom stereocenters. The third-order valence-electron chi connectivity index (χ3n) is 11.9. The maximum absolute atomic E-state index is 6.33. The fourth-order valence-corrected chi connectivity index (χ4v) is 9.17. The number of furan rings is 1. The van der Waals surface area contributed by atoms with Gasteiger partial charge in [-0.1, -0.05) is 140 Å². The van der Waals surface area contributed by atoms with Crippen molar-refractivity contribution in [2.24, 2.45) is 0 Å². The summed E-state index contributed by atoms with van der Waals surface area (Å²) in [6.45, 7) is 0. The molecule has 0 bridgehead atoms. The monoisotopic (exact) mass is 752 g/mol. The average Bonchev–Trinajstić information content (AvgIpc) is 3.85. The van der Waals surface area contributed by atoms with E-state index < -0.39 is 0 Å². The molecule has 3 heteroatoms. The molecule has 3 nitrogen and oxygen atoms in total. The first-order valence-electron chi connectivity index (χ1n) is 20.2. The lowest BCUT2D eigenvalue weighted by molar-refractivity contribution is 0.669. The summed E-state index contributed by atoms with van der Waals surface area (Å²) < 4.78 is 8.72. The van der Waals surface area contributed by atoms with Crippen LogP contribution in [0, 0.1) is 0 Å². The minimum Gasteiger partial charge on any atom is -0.456 e. The topological polar surface area (TPSA) is 21.3 Å². The van der Waals surface area contributed by atoms with Gasteiger partial charge in [0.1, 0.15) is 11.2 Å². The molecular formula is C56H36N2O. The van der Waals surface area contributed by atoms with Gasteiger partial charge in [0.15, 0.2) is 0 Å². The first-order valence-corrected chi connectivity index (χ1v) is 20.2. The molecule has 2 aromatic heterocycles. The summed E-state index contributed by atoms with van der Waals surface area (Å²) in [6.07, 6.45) is 0. The minimum absolute atomic E-state index is 0.890. The van der Waals surface area contributed by atoms with Crippen molar-refractivity contribution in [3.05, 3.63) is 218 Å². The Balaban J connectivity index is 1.02. The van der Waals surface area contributed by atoms with Gasteiger partial charge >= 0.3 is 0 Å². The number of benzene rings is 10. The third kappa shape index (κ3) is 5.51. The first-order chi connectivity index (χ1) is 29.2. The summed E-state index contributed by atoms with van der Waals surface area (Å²) in [5.41, 5.74) is 13.0. The van der Waals surface area contributed by atoms with Crippen molar-refractivity contribution in [2.45, 2.75) is 0 Å². The van der Waals surface area contributed by atoms with E-state index in [9.17, 15) is 0 Å². The van der Waals surface area contributed by atoms with Gasteiger partial charge in [0.25, 0.3) is 0 Å². The molecule has 0 aliphatic rings. The maximum atomic E-state index is 6.33. The number of hydrogen-bond donors (Lipinski definition) is 0. The molecule has 0 N–H and O–H groups in total. The zero-order valence-corrected chi connectivity index (χ0v) is 32.1. The molecule has 0 aliphatic heterocycles. The molecule has 12 aromatic rings. The molecule has 59 heavy (non-hydrogen) atoms. The van der Waals surface area contributed by atoms with Gasteiger partial charge in [-0.05, 0) is 123 Å². The van der Waals surface area contributed by atoms with Crippen LogP contribution >= 0.6 is 0 Å². The molecule has 0 saturated heterocycles. The third-order valence-corrected chi connectivity index (χ3v) is 11.9. The molecule has 0 unspecified atom stereocenters. The van der Waals surface area contributed by atoms with E-state index in [0.29, 0.717) is 0 Å². The number of aromatic nitrogens is 1. The normalized spacial score (nSPS) is 11.7. The highest BCUT2D eigenvalue weighted by Crippen LogP contribution is 2.41. The summed E-state index contributed by atoms with van der Waals surface area (Å²) in [5, 5.41) is 9.79. The summed E-state index contributed by atoms with van der Waals surface area (Å²) in [6, 6.07) is 78.9. The van der Waals surface area contributed by atoms with Gasteiger partial charge in [-0.3, -0.25) is 0 Å². The van der Waals surface area contributed by atoms with E-state index in [1.165, 1.54) is 48.9 Å². The van der Waals surface area contributed by atoms with Crippen LogP contribution in [0.1, 0.15) is 0 Å². The van der Waals surface area contributed by atoms with E-state index in [4.69, 9.17) is 4.42 Å². The second-order valence-electron chi connectivity index (χ2n) is 15.4. The van der Waals surface area contributed by atoms with Gasteiger partial charge in [0.05, 0.1) is 11.0 Å². The van der Waals surface area contributed by atoms with Crippen molar-refractivity contribution in [1.29, 1.82) is 0 Å². The predicted molar refractivity (Wildman–Crippen MR) is 249 cm³/mol.